The third-order valence-electron chi connectivity index (χ3n) is 3.28. The second-order valence-corrected chi connectivity index (χ2v) is 6.84. The smallest absolute Gasteiger partial charge is 0.203 e. The Kier molecular flexibility index (Phi) is 4.02. The van der Waals surface area contributed by atoms with E-state index in [9.17, 15) is 0 Å². The number of thioether (sulfide) groups is 1. The number of nitrogens with one attached hydrogen (secondary N) is 1. The summed E-state index contributed by atoms with van der Waals surface area (Å²) < 4.78 is 2.63. The maximum atomic E-state index is 4.56. The van der Waals surface area contributed by atoms with E-state index in [4.69, 9.17) is 0 Å². The molecule has 1 aromatic rings. The minimum Gasteiger partial charge on any atom is -0.354 e. The molecule has 0 aliphatic carbocycles. The third-order valence-corrected chi connectivity index (χ3v) is 4.82. The summed E-state index contributed by atoms with van der Waals surface area (Å²) in [6, 6.07) is 0. The molecule has 1 fully saturated rings. The highest BCUT2D eigenvalue weighted by atomic mass is 32.2. The molecule has 0 bridgehead atoms. The van der Waals surface area contributed by atoms with Gasteiger partial charge in [-0.3, -0.25) is 0 Å². The zero-order chi connectivity index (χ0) is 12.3. The largest absolute Gasteiger partial charge is 0.354 e. The zero-order valence-corrected chi connectivity index (χ0v) is 11.9. The van der Waals surface area contributed by atoms with Crippen LogP contribution in [0.25, 0.3) is 0 Å². The van der Waals surface area contributed by atoms with Gasteiger partial charge < -0.3 is 9.88 Å². The Labute approximate surface area is 108 Å². The Hall–Kier alpha value is -0.640. The van der Waals surface area contributed by atoms with Crippen LogP contribution in [0.4, 0.5) is 5.95 Å². The van der Waals surface area contributed by atoms with Gasteiger partial charge in [0.15, 0.2) is 0 Å². The predicted octanol–water partition coefficient (Wildman–Crippen LogP) is 3.30. The van der Waals surface area contributed by atoms with E-state index in [0.29, 0.717) is 4.75 Å². The molecule has 1 unspecified atom stereocenters. The molecule has 17 heavy (non-hydrogen) atoms. The van der Waals surface area contributed by atoms with Crippen molar-refractivity contribution in [2.45, 2.75) is 51.3 Å². The molecule has 0 amide bonds. The quantitative estimate of drug-likeness (QED) is 0.873. The summed E-state index contributed by atoms with van der Waals surface area (Å²) >= 11 is 2.09. The maximum Gasteiger partial charge on any atom is 0.203 e. The third kappa shape index (κ3) is 3.18. The number of hydrogen-bond donors (Lipinski definition) is 1. The van der Waals surface area contributed by atoms with E-state index < -0.39 is 0 Å². The number of nitrogens with zero attached hydrogens (tertiary/aromatic N) is 2. The fourth-order valence-electron chi connectivity index (χ4n) is 2.34. The Bertz CT molecular complexity index is 367. The summed E-state index contributed by atoms with van der Waals surface area (Å²) in [6.45, 7) is 8.69. The van der Waals surface area contributed by atoms with Crippen LogP contribution in [0.1, 0.15) is 38.8 Å². The lowest BCUT2D eigenvalue weighted by atomic mass is 10.1. The van der Waals surface area contributed by atoms with Crippen LogP contribution < -0.4 is 5.32 Å². The monoisotopic (exact) mass is 253 g/mol. The van der Waals surface area contributed by atoms with Crippen LogP contribution in [0.3, 0.4) is 0 Å². The second-order valence-electron chi connectivity index (χ2n) is 5.15. The van der Waals surface area contributed by atoms with Crippen LogP contribution in [0.5, 0.6) is 0 Å². The molecule has 96 valence electrons. The minimum atomic E-state index is 0.400. The van der Waals surface area contributed by atoms with E-state index in [1.54, 1.807) is 0 Å². The molecule has 4 heteroatoms. The van der Waals surface area contributed by atoms with E-state index in [-0.39, 0.29) is 0 Å². The molecule has 1 N–H and O–H groups in total. The van der Waals surface area contributed by atoms with Gasteiger partial charge >= 0.3 is 0 Å². The van der Waals surface area contributed by atoms with Crippen molar-refractivity contribution in [3.63, 3.8) is 0 Å². The van der Waals surface area contributed by atoms with Gasteiger partial charge in [0.25, 0.3) is 0 Å². The SMILES string of the molecule is CCCn1cc(C)nc1NCC1(C)CCCS1. The minimum absolute atomic E-state index is 0.400. The Morgan fingerprint density at radius 1 is 1.59 bits per heavy atom. The lowest BCUT2D eigenvalue weighted by molar-refractivity contribution is 0.622. The first kappa shape index (κ1) is 12.8. The normalized spacial score (nSPS) is 24.2. The molecular weight excluding hydrogens is 230 g/mol. The average molecular weight is 253 g/mol. The van der Waals surface area contributed by atoms with Gasteiger partial charge in [0.2, 0.25) is 5.95 Å². The van der Waals surface area contributed by atoms with E-state index in [2.05, 4.69) is 53.6 Å². The van der Waals surface area contributed by atoms with Gasteiger partial charge in [0.05, 0.1) is 5.69 Å². The van der Waals surface area contributed by atoms with Crippen LogP contribution in [0, 0.1) is 6.92 Å². The molecule has 2 heterocycles. The highest BCUT2D eigenvalue weighted by Gasteiger charge is 2.29. The molecule has 0 saturated carbocycles. The van der Waals surface area contributed by atoms with Gasteiger partial charge in [-0.1, -0.05) is 6.92 Å². The summed E-state index contributed by atoms with van der Waals surface area (Å²) in [5, 5.41) is 3.53. The van der Waals surface area contributed by atoms with Crippen molar-refractivity contribution in [3.05, 3.63) is 11.9 Å². The number of aryl methyl sites for hydroxylation is 2. The van der Waals surface area contributed by atoms with Gasteiger partial charge in [-0.05, 0) is 38.9 Å². The van der Waals surface area contributed by atoms with Crippen molar-refractivity contribution in [1.82, 2.24) is 9.55 Å². The number of hydrogen-bond acceptors (Lipinski definition) is 3. The van der Waals surface area contributed by atoms with Crippen molar-refractivity contribution in [3.8, 4) is 0 Å². The Morgan fingerprint density at radius 3 is 3.06 bits per heavy atom. The van der Waals surface area contributed by atoms with Crippen molar-refractivity contribution < 1.29 is 0 Å². The van der Waals surface area contributed by atoms with E-state index in [1.165, 1.54) is 18.6 Å². The zero-order valence-electron chi connectivity index (χ0n) is 11.1. The van der Waals surface area contributed by atoms with Crippen LogP contribution in [-0.4, -0.2) is 26.6 Å². The van der Waals surface area contributed by atoms with Crippen LogP contribution in [0.2, 0.25) is 0 Å². The summed E-state index contributed by atoms with van der Waals surface area (Å²) in [5.41, 5.74) is 1.10. The fraction of sp³-hybridized carbons (Fsp3) is 0.769. The summed E-state index contributed by atoms with van der Waals surface area (Å²) in [5.74, 6) is 2.35. The summed E-state index contributed by atoms with van der Waals surface area (Å²) in [6.07, 6.45) is 5.95. The number of anilines is 1. The molecule has 1 saturated heterocycles. The molecule has 1 aliphatic heterocycles. The first-order valence-electron chi connectivity index (χ1n) is 6.54. The Balaban J connectivity index is 1.98. The Morgan fingerprint density at radius 2 is 2.41 bits per heavy atom. The second kappa shape index (κ2) is 5.34. The van der Waals surface area contributed by atoms with Crippen molar-refractivity contribution in [1.29, 1.82) is 0 Å². The maximum absolute atomic E-state index is 4.56. The van der Waals surface area contributed by atoms with Gasteiger partial charge in [-0.15, -0.1) is 0 Å². The molecule has 3 nitrogen and oxygen atoms in total. The average Bonchev–Trinajstić information content (AvgIpc) is 2.84. The number of imidazole rings is 1. The van der Waals surface area contributed by atoms with Crippen molar-refractivity contribution >= 4 is 17.7 Å². The topological polar surface area (TPSA) is 29.9 Å². The van der Waals surface area contributed by atoms with Gasteiger partial charge in [-0.2, -0.15) is 11.8 Å². The standard InChI is InChI=1S/C13H23N3S/c1-4-7-16-9-11(2)15-12(16)14-10-13(3)6-5-8-17-13/h9H,4-8,10H2,1-3H3,(H,14,15). The molecule has 0 aromatic carbocycles. The van der Waals surface area contributed by atoms with Gasteiger partial charge in [0, 0.05) is 24.0 Å². The van der Waals surface area contributed by atoms with Crippen molar-refractivity contribution in [2.75, 3.05) is 17.6 Å². The number of aromatic nitrogens is 2. The first-order chi connectivity index (χ1) is 8.13. The molecule has 1 aliphatic rings. The van der Waals surface area contributed by atoms with Crippen LogP contribution >= 0.6 is 11.8 Å². The first-order valence-corrected chi connectivity index (χ1v) is 7.53. The molecular formula is C13H23N3S. The van der Waals surface area contributed by atoms with Crippen LogP contribution in [0.15, 0.2) is 6.20 Å². The molecule has 2 rings (SSSR count). The lowest BCUT2D eigenvalue weighted by Gasteiger charge is -2.23. The molecule has 0 spiro atoms. The van der Waals surface area contributed by atoms with Crippen molar-refractivity contribution in [2.24, 2.45) is 0 Å². The highest BCUT2D eigenvalue weighted by molar-refractivity contribution is 8.00. The highest BCUT2D eigenvalue weighted by Crippen LogP contribution is 2.37. The molecule has 1 atom stereocenters. The number of rotatable bonds is 5. The van der Waals surface area contributed by atoms with E-state index in [0.717, 1.165) is 31.2 Å². The van der Waals surface area contributed by atoms with Gasteiger partial charge in [-0.25, -0.2) is 4.98 Å². The van der Waals surface area contributed by atoms with E-state index in [1.807, 2.05) is 0 Å². The van der Waals surface area contributed by atoms with Crippen LogP contribution in [-0.2, 0) is 6.54 Å². The molecule has 1 aromatic heterocycles. The fourth-order valence-corrected chi connectivity index (χ4v) is 3.59. The summed E-state index contributed by atoms with van der Waals surface area (Å²) in [4.78, 5) is 4.56. The summed E-state index contributed by atoms with van der Waals surface area (Å²) in [7, 11) is 0. The van der Waals surface area contributed by atoms with E-state index >= 15 is 0 Å². The predicted molar refractivity (Wildman–Crippen MR) is 75.8 cm³/mol. The van der Waals surface area contributed by atoms with Gasteiger partial charge in [0.1, 0.15) is 0 Å². The molecule has 0 radical (unpaired) electrons. The lowest BCUT2D eigenvalue weighted by Crippen LogP contribution is -2.28.